The third kappa shape index (κ3) is 5.45. The Morgan fingerprint density at radius 3 is 2.81 bits per heavy atom. The molecule has 2 N–H and O–H groups in total. The molecule has 0 atom stereocenters. The van der Waals surface area contributed by atoms with Gasteiger partial charge in [0.05, 0.1) is 18.8 Å². The van der Waals surface area contributed by atoms with E-state index in [-0.39, 0.29) is 6.10 Å². The summed E-state index contributed by atoms with van der Waals surface area (Å²) in [4.78, 5) is 13.5. The Morgan fingerprint density at radius 1 is 1.30 bits per heavy atom. The molecule has 3 rings (SSSR count). The summed E-state index contributed by atoms with van der Waals surface area (Å²) in [6, 6.07) is 3.94. The predicted molar refractivity (Wildman–Crippen MR) is 105 cm³/mol. The van der Waals surface area contributed by atoms with E-state index in [4.69, 9.17) is 9.15 Å². The van der Waals surface area contributed by atoms with Crippen molar-refractivity contribution in [2.75, 3.05) is 6.54 Å². The van der Waals surface area contributed by atoms with Gasteiger partial charge in [-0.05, 0) is 52.5 Å². The number of nitrogens with one attached hydrogen (secondary N) is 2. The number of nitrogens with zero attached hydrogens (tertiary/aromatic N) is 3. The normalized spacial score (nSPS) is 15.1. The molecule has 7 nitrogen and oxygen atoms in total. The molecule has 1 fully saturated rings. The Balaban J connectivity index is 1.63. The van der Waals surface area contributed by atoms with Crippen molar-refractivity contribution in [2.45, 2.75) is 65.6 Å². The van der Waals surface area contributed by atoms with Crippen LogP contribution in [0.4, 0.5) is 0 Å². The van der Waals surface area contributed by atoms with E-state index in [1.165, 1.54) is 12.8 Å². The smallest absolute Gasteiger partial charge is 0.218 e. The Labute approximate surface area is 160 Å². The summed E-state index contributed by atoms with van der Waals surface area (Å²) in [5.74, 6) is 2.91. The summed E-state index contributed by atoms with van der Waals surface area (Å²) in [6.07, 6.45) is 6.74. The first-order valence-electron chi connectivity index (χ1n) is 9.71. The van der Waals surface area contributed by atoms with Crippen LogP contribution in [0.2, 0.25) is 0 Å². The molecule has 0 amide bonds. The summed E-state index contributed by atoms with van der Waals surface area (Å²) in [5, 5.41) is 6.51. The fraction of sp³-hybridized carbons (Fsp3) is 0.550. The molecule has 1 aliphatic rings. The average molecular weight is 371 g/mol. The highest BCUT2D eigenvalue weighted by atomic mass is 16.5. The van der Waals surface area contributed by atoms with Crippen LogP contribution >= 0.6 is 0 Å². The highest BCUT2D eigenvalue weighted by molar-refractivity contribution is 5.79. The van der Waals surface area contributed by atoms with Crippen LogP contribution < -0.4 is 15.4 Å². The van der Waals surface area contributed by atoms with Crippen LogP contribution in [0, 0.1) is 13.8 Å². The second-order valence-corrected chi connectivity index (χ2v) is 6.79. The molecule has 27 heavy (non-hydrogen) atoms. The Bertz CT molecular complexity index is 746. The molecule has 0 unspecified atom stereocenters. The lowest BCUT2D eigenvalue weighted by Crippen LogP contribution is -2.36. The lowest BCUT2D eigenvalue weighted by molar-refractivity contribution is 0.199. The number of aliphatic imine (C=N–C) groups is 1. The molecule has 0 saturated heterocycles. The number of rotatable bonds is 7. The lowest BCUT2D eigenvalue weighted by Gasteiger charge is -2.15. The number of oxazole rings is 1. The quantitative estimate of drug-likeness (QED) is 0.574. The van der Waals surface area contributed by atoms with Gasteiger partial charge < -0.3 is 19.8 Å². The van der Waals surface area contributed by atoms with Crippen LogP contribution in [-0.2, 0) is 13.1 Å². The second kappa shape index (κ2) is 9.39. The van der Waals surface area contributed by atoms with Gasteiger partial charge in [0.2, 0.25) is 11.8 Å². The zero-order chi connectivity index (χ0) is 19.1. The molecule has 1 aliphatic carbocycles. The molecule has 2 aromatic rings. The molecule has 2 heterocycles. The number of pyridine rings is 1. The minimum atomic E-state index is 0.283. The van der Waals surface area contributed by atoms with Gasteiger partial charge in [0.25, 0.3) is 0 Å². The molecule has 1 saturated carbocycles. The average Bonchev–Trinajstić information content (AvgIpc) is 3.28. The van der Waals surface area contributed by atoms with Crippen molar-refractivity contribution in [3.8, 4) is 5.88 Å². The number of ether oxygens (including phenoxy) is 1. The minimum Gasteiger partial charge on any atom is -0.474 e. The Kier molecular flexibility index (Phi) is 6.68. The van der Waals surface area contributed by atoms with Crippen molar-refractivity contribution in [3.05, 3.63) is 41.2 Å². The van der Waals surface area contributed by atoms with E-state index in [0.29, 0.717) is 30.8 Å². The van der Waals surface area contributed by atoms with E-state index >= 15 is 0 Å². The van der Waals surface area contributed by atoms with Gasteiger partial charge in [-0.25, -0.2) is 15.0 Å². The molecule has 0 radical (unpaired) electrons. The molecule has 0 bridgehead atoms. The van der Waals surface area contributed by atoms with Crippen LogP contribution in [0.5, 0.6) is 5.88 Å². The van der Waals surface area contributed by atoms with Gasteiger partial charge in [-0.3, -0.25) is 0 Å². The summed E-state index contributed by atoms with van der Waals surface area (Å²) in [5.41, 5.74) is 1.90. The van der Waals surface area contributed by atoms with Crippen molar-refractivity contribution in [2.24, 2.45) is 4.99 Å². The first-order chi connectivity index (χ1) is 13.2. The number of hydrogen-bond acceptors (Lipinski definition) is 5. The highest BCUT2D eigenvalue weighted by Gasteiger charge is 2.18. The Morgan fingerprint density at radius 2 is 2.11 bits per heavy atom. The van der Waals surface area contributed by atoms with Gasteiger partial charge in [-0.1, -0.05) is 6.07 Å². The zero-order valence-corrected chi connectivity index (χ0v) is 16.4. The van der Waals surface area contributed by atoms with Gasteiger partial charge in [0, 0.05) is 18.3 Å². The first-order valence-corrected chi connectivity index (χ1v) is 9.71. The van der Waals surface area contributed by atoms with E-state index in [1.54, 1.807) is 6.20 Å². The molecule has 7 heteroatoms. The van der Waals surface area contributed by atoms with Crippen LogP contribution in [0.3, 0.4) is 0 Å². The molecular formula is C20H29N5O2. The number of aromatic nitrogens is 2. The fourth-order valence-corrected chi connectivity index (χ4v) is 3.09. The van der Waals surface area contributed by atoms with E-state index in [0.717, 1.165) is 36.4 Å². The van der Waals surface area contributed by atoms with E-state index in [2.05, 4.69) is 25.6 Å². The second-order valence-electron chi connectivity index (χ2n) is 6.79. The van der Waals surface area contributed by atoms with Crippen LogP contribution in [-0.4, -0.2) is 28.6 Å². The number of guanidine groups is 1. The van der Waals surface area contributed by atoms with E-state index in [9.17, 15) is 0 Å². The molecule has 2 aromatic heterocycles. The Hall–Kier alpha value is -2.57. The van der Waals surface area contributed by atoms with E-state index in [1.807, 2.05) is 32.9 Å². The summed E-state index contributed by atoms with van der Waals surface area (Å²) >= 11 is 0. The van der Waals surface area contributed by atoms with Crippen molar-refractivity contribution in [1.29, 1.82) is 0 Å². The standard InChI is InChI=1S/C20H29N5O2/c1-4-21-20(24-13-18-25-14(2)15(3)26-18)23-12-16-8-7-11-22-19(16)27-17-9-5-6-10-17/h7-8,11,17H,4-6,9-10,12-13H2,1-3H3,(H2,21,23,24). The molecule has 146 valence electrons. The van der Waals surface area contributed by atoms with Gasteiger partial charge in [-0.15, -0.1) is 0 Å². The maximum atomic E-state index is 6.10. The summed E-state index contributed by atoms with van der Waals surface area (Å²) in [6.45, 7) is 7.65. The first kappa shape index (κ1) is 19.2. The van der Waals surface area contributed by atoms with E-state index < -0.39 is 0 Å². The summed E-state index contributed by atoms with van der Waals surface area (Å²) < 4.78 is 11.7. The van der Waals surface area contributed by atoms with Crippen LogP contribution in [0.1, 0.15) is 55.5 Å². The zero-order valence-electron chi connectivity index (χ0n) is 16.4. The lowest BCUT2D eigenvalue weighted by atomic mass is 10.2. The highest BCUT2D eigenvalue weighted by Crippen LogP contribution is 2.25. The maximum absolute atomic E-state index is 6.10. The largest absolute Gasteiger partial charge is 0.474 e. The van der Waals surface area contributed by atoms with Gasteiger partial charge in [0.15, 0.2) is 5.96 Å². The number of aryl methyl sites for hydroxylation is 2. The molecule has 0 spiro atoms. The maximum Gasteiger partial charge on any atom is 0.218 e. The monoisotopic (exact) mass is 371 g/mol. The fourth-order valence-electron chi connectivity index (χ4n) is 3.09. The topological polar surface area (TPSA) is 84.6 Å². The summed E-state index contributed by atoms with van der Waals surface area (Å²) in [7, 11) is 0. The van der Waals surface area contributed by atoms with Crippen molar-refractivity contribution in [3.63, 3.8) is 0 Å². The molecular weight excluding hydrogens is 342 g/mol. The molecule has 0 aliphatic heterocycles. The van der Waals surface area contributed by atoms with Crippen LogP contribution in [0.25, 0.3) is 0 Å². The van der Waals surface area contributed by atoms with Crippen molar-refractivity contribution in [1.82, 2.24) is 20.6 Å². The molecule has 0 aromatic carbocycles. The number of hydrogen-bond donors (Lipinski definition) is 2. The van der Waals surface area contributed by atoms with Crippen molar-refractivity contribution < 1.29 is 9.15 Å². The van der Waals surface area contributed by atoms with Gasteiger partial charge >= 0.3 is 0 Å². The predicted octanol–water partition coefficient (Wildman–Crippen LogP) is 3.26. The van der Waals surface area contributed by atoms with Crippen molar-refractivity contribution >= 4 is 5.96 Å². The minimum absolute atomic E-state index is 0.283. The van der Waals surface area contributed by atoms with Gasteiger partial charge in [0.1, 0.15) is 11.9 Å². The SMILES string of the molecule is CCNC(=NCc1cccnc1OC1CCCC1)NCc1nc(C)c(C)o1. The third-order valence-corrected chi connectivity index (χ3v) is 4.66. The van der Waals surface area contributed by atoms with Crippen LogP contribution in [0.15, 0.2) is 27.7 Å². The third-order valence-electron chi connectivity index (χ3n) is 4.66. The van der Waals surface area contributed by atoms with Gasteiger partial charge in [-0.2, -0.15) is 0 Å².